The Morgan fingerprint density at radius 3 is 2.80 bits per heavy atom. The van der Waals surface area contributed by atoms with Crippen LogP contribution in [-0.4, -0.2) is 54.9 Å². The minimum absolute atomic E-state index is 0.476. The molecule has 2 aliphatic rings. The van der Waals surface area contributed by atoms with Gasteiger partial charge in [0, 0.05) is 32.0 Å². The van der Waals surface area contributed by atoms with Gasteiger partial charge in [-0.2, -0.15) is 0 Å². The van der Waals surface area contributed by atoms with Gasteiger partial charge in [0.05, 0.1) is 0 Å². The normalized spacial score (nSPS) is 31.5. The maximum Gasteiger partial charge on any atom is 0.134 e. The first kappa shape index (κ1) is 11.1. The molecule has 86 valence electrons. The van der Waals surface area contributed by atoms with Crippen molar-refractivity contribution in [1.29, 1.82) is 0 Å². The summed E-state index contributed by atoms with van der Waals surface area (Å²) < 4.78 is 0. The fourth-order valence-electron chi connectivity index (χ4n) is 2.75. The van der Waals surface area contributed by atoms with Crippen LogP contribution < -0.4 is 0 Å². The summed E-state index contributed by atoms with van der Waals surface area (Å²) in [5, 5.41) is 0. The van der Waals surface area contributed by atoms with Gasteiger partial charge in [0.25, 0.3) is 0 Å². The van der Waals surface area contributed by atoms with E-state index in [1.807, 2.05) is 0 Å². The Bertz CT molecular complexity index is 230. The summed E-state index contributed by atoms with van der Waals surface area (Å²) in [6.45, 7) is 4.69. The molecular formula is C12H22N2O. The molecule has 1 aliphatic heterocycles. The Balaban J connectivity index is 1.88. The van der Waals surface area contributed by atoms with Crippen LogP contribution in [0.2, 0.25) is 0 Å². The van der Waals surface area contributed by atoms with Gasteiger partial charge in [-0.3, -0.25) is 9.69 Å². The van der Waals surface area contributed by atoms with Crippen LogP contribution in [0, 0.1) is 0 Å². The van der Waals surface area contributed by atoms with Crippen molar-refractivity contribution in [1.82, 2.24) is 9.80 Å². The Hall–Kier alpha value is -0.410. The predicted octanol–water partition coefficient (Wildman–Crippen LogP) is 1.14. The molecule has 0 aromatic carbocycles. The summed E-state index contributed by atoms with van der Waals surface area (Å²) >= 11 is 0. The van der Waals surface area contributed by atoms with Crippen LogP contribution in [-0.2, 0) is 4.79 Å². The molecule has 0 N–H and O–H groups in total. The number of ketones is 1. The minimum atomic E-state index is 0.476. The van der Waals surface area contributed by atoms with Crippen LogP contribution >= 0.6 is 0 Å². The summed E-state index contributed by atoms with van der Waals surface area (Å²) in [5.41, 5.74) is 0. The van der Waals surface area contributed by atoms with Crippen molar-refractivity contribution in [2.45, 2.75) is 38.1 Å². The van der Waals surface area contributed by atoms with Crippen LogP contribution in [0.3, 0.4) is 0 Å². The first-order chi connectivity index (χ1) is 7.25. The largest absolute Gasteiger partial charge is 0.305 e. The van der Waals surface area contributed by atoms with Gasteiger partial charge in [-0.25, -0.2) is 0 Å². The molecule has 3 nitrogen and oxygen atoms in total. The second-order valence-electron chi connectivity index (χ2n) is 4.98. The van der Waals surface area contributed by atoms with Crippen molar-refractivity contribution in [3.05, 3.63) is 0 Å². The van der Waals surface area contributed by atoms with E-state index in [9.17, 15) is 4.79 Å². The summed E-state index contributed by atoms with van der Waals surface area (Å²) in [7, 11) is 2.19. The van der Waals surface area contributed by atoms with Crippen molar-refractivity contribution >= 4 is 5.78 Å². The van der Waals surface area contributed by atoms with Gasteiger partial charge >= 0.3 is 0 Å². The number of likely N-dealkylation sites (N-methyl/N-ethyl adjacent to an activating group) is 1. The first-order valence-electron chi connectivity index (χ1n) is 6.20. The lowest BCUT2D eigenvalue weighted by atomic mass is 9.93. The van der Waals surface area contributed by atoms with Crippen LogP contribution in [0.4, 0.5) is 0 Å². The third kappa shape index (κ3) is 3.02. The molecule has 0 aromatic heterocycles. The van der Waals surface area contributed by atoms with Crippen LogP contribution in [0.15, 0.2) is 0 Å². The fourth-order valence-corrected chi connectivity index (χ4v) is 2.75. The van der Waals surface area contributed by atoms with Crippen molar-refractivity contribution in [2.24, 2.45) is 0 Å². The van der Waals surface area contributed by atoms with E-state index in [2.05, 4.69) is 16.8 Å². The number of rotatable bonds is 1. The molecule has 0 radical (unpaired) electrons. The zero-order valence-corrected chi connectivity index (χ0v) is 9.74. The highest BCUT2D eigenvalue weighted by atomic mass is 16.1. The molecule has 1 heterocycles. The second kappa shape index (κ2) is 5.08. The molecule has 3 heteroatoms. The molecule has 0 aromatic rings. The molecule has 1 saturated carbocycles. The van der Waals surface area contributed by atoms with E-state index in [1.54, 1.807) is 0 Å². The van der Waals surface area contributed by atoms with Crippen LogP contribution in [0.5, 0.6) is 0 Å². The zero-order valence-electron chi connectivity index (χ0n) is 9.74. The molecule has 0 bridgehead atoms. The van der Waals surface area contributed by atoms with Gasteiger partial charge in [0.2, 0.25) is 0 Å². The number of nitrogens with zero attached hydrogens (tertiary/aromatic N) is 2. The van der Waals surface area contributed by atoms with E-state index in [-0.39, 0.29) is 0 Å². The molecule has 0 spiro atoms. The summed E-state index contributed by atoms with van der Waals surface area (Å²) in [5.74, 6) is 0.476. The summed E-state index contributed by atoms with van der Waals surface area (Å²) in [6.07, 6.45) is 5.22. The third-order valence-electron chi connectivity index (χ3n) is 3.73. The standard InChI is InChI=1S/C12H22N2O/c1-13-6-3-7-14(9-8-13)11-4-2-5-12(15)10-11/h11H,2-10H2,1H3. The van der Waals surface area contributed by atoms with Crippen LogP contribution in [0.1, 0.15) is 32.1 Å². The van der Waals surface area contributed by atoms with Gasteiger partial charge in [-0.05, 0) is 39.4 Å². The Labute approximate surface area is 92.4 Å². The number of carbonyl (C=O) groups excluding carboxylic acids is 1. The number of hydrogen-bond donors (Lipinski definition) is 0. The van der Waals surface area contributed by atoms with Crippen molar-refractivity contribution < 1.29 is 4.79 Å². The molecule has 1 aliphatic carbocycles. The topological polar surface area (TPSA) is 23.6 Å². The number of hydrogen-bond acceptors (Lipinski definition) is 3. The second-order valence-corrected chi connectivity index (χ2v) is 4.98. The van der Waals surface area contributed by atoms with E-state index < -0.39 is 0 Å². The lowest BCUT2D eigenvalue weighted by molar-refractivity contribution is -0.122. The molecule has 15 heavy (non-hydrogen) atoms. The molecule has 1 unspecified atom stereocenters. The third-order valence-corrected chi connectivity index (χ3v) is 3.73. The van der Waals surface area contributed by atoms with Crippen molar-refractivity contribution in [3.8, 4) is 0 Å². The Morgan fingerprint density at radius 1 is 1.13 bits per heavy atom. The average Bonchev–Trinajstić information content (AvgIpc) is 2.43. The summed E-state index contributed by atoms with van der Waals surface area (Å²) in [6, 6.07) is 0.553. The molecule has 0 amide bonds. The van der Waals surface area contributed by atoms with Gasteiger partial charge in [-0.1, -0.05) is 0 Å². The van der Waals surface area contributed by atoms with Crippen LogP contribution in [0.25, 0.3) is 0 Å². The summed E-state index contributed by atoms with van der Waals surface area (Å²) in [4.78, 5) is 16.4. The number of carbonyl (C=O) groups is 1. The molecule has 1 atom stereocenters. The lowest BCUT2D eigenvalue weighted by Crippen LogP contribution is -2.41. The van der Waals surface area contributed by atoms with Crippen molar-refractivity contribution in [3.63, 3.8) is 0 Å². The molecule has 2 fully saturated rings. The molecule has 1 saturated heterocycles. The maximum absolute atomic E-state index is 11.4. The average molecular weight is 210 g/mol. The van der Waals surface area contributed by atoms with Gasteiger partial charge in [0.15, 0.2) is 0 Å². The highest BCUT2D eigenvalue weighted by Crippen LogP contribution is 2.21. The number of Topliss-reactive ketones (excluding diaryl/α,β-unsaturated/α-hetero) is 1. The minimum Gasteiger partial charge on any atom is -0.305 e. The Morgan fingerprint density at radius 2 is 2.00 bits per heavy atom. The molecule has 2 rings (SSSR count). The van der Waals surface area contributed by atoms with E-state index in [0.717, 1.165) is 32.4 Å². The fraction of sp³-hybridized carbons (Fsp3) is 0.917. The van der Waals surface area contributed by atoms with Gasteiger partial charge in [0.1, 0.15) is 5.78 Å². The first-order valence-corrected chi connectivity index (χ1v) is 6.20. The van der Waals surface area contributed by atoms with Gasteiger partial charge < -0.3 is 4.90 Å². The highest BCUT2D eigenvalue weighted by molar-refractivity contribution is 5.79. The monoisotopic (exact) mass is 210 g/mol. The maximum atomic E-state index is 11.4. The smallest absolute Gasteiger partial charge is 0.134 e. The lowest BCUT2D eigenvalue weighted by Gasteiger charge is -2.32. The highest BCUT2D eigenvalue weighted by Gasteiger charge is 2.26. The quantitative estimate of drug-likeness (QED) is 0.648. The van der Waals surface area contributed by atoms with E-state index in [4.69, 9.17) is 0 Å². The van der Waals surface area contributed by atoms with E-state index in [0.29, 0.717) is 11.8 Å². The predicted molar refractivity (Wildman–Crippen MR) is 61.0 cm³/mol. The van der Waals surface area contributed by atoms with Crippen molar-refractivity contribution in [2.75, 3.05) is 33.2 Å². The van der Waals surface area contributed by atoms with E-state index >= 15 is 0 Å². The zero-order chi connectivity index (χ0) is 10.7. The van der Waals surface area contributed by atoms with Gasteiger partial charge in [-0.15, -0.1) is 0 Å². The molecular weight excluding hydrogens is 188 g/mol. The Kier molecular flexibility index (Phi) is 3.76. The van der Waals surface area contributed by atoms with E-state index in [1.165, 1.54) is 25.9 Å². The SMILES string of the molecule is CN1CCCN(C2CCCC(=O)C2)CC1.